The van der Waals surface area contributed by atoms with Gasteiger partial charge in [0.05, 0.1) is 24.2 Å². The van der Waals surface area contributed by atoms with E-state index in [9.17, 15) is 9.90 Å². The van der Waals surface area contributed by atoms with Gasteiger partial charge in [0.15, 0.2) is 0 Å². The van der Waals surface area contributed by atoms with Crippen LogP contribution in [0.4, 0.5) is 0 Å². The molecule has 1 saturated heterocycles. The Labute approximate surface area is 191 Å². The molecule has 1 fully saturated rings. The van der Waals surface area contributed by atoms with Crippen LogP contribution in [0.3, 0.4) is 0 Å². The summed E-state index contributed by atoms with van der Waals surface area (Å²) in [5.74, 6) is 5.76. The lowest BCUT2D eigenvalue weighted by Crippen LogP contribution is -2.15. The lowest BCUT2D eigenvalue weighted by Gasteiger charge is -2.17. The lowest BCUT2D eigenvalue weighted by molar-refractivity contribution is -0.122. The van der Waals surface area contributed by atoms with Crippen LogP contribution in [0.2, 0.25) is 0 Å². The Bertz CT molecular complexity index is 1020. The first-order valence-electron chi connectivity index (χ1n) is 11.0. The molecule has 0 spiro atoms. The number of hydrogen-bond acceptors (Lipinski definition) is 3. The average molecular weight is 427 g/mol. The third-order valence-electron chi connectivity index (χ3n) is 5.62. The quantitative estimate of drug-likeness (QED) is 0.492. The Morgan fingerprint density at radius 2 is 1.47 bits per heavy atom. The van der Waals surface area contributed by atoms with Crippen LogP contribution < -0.4 is 0 Å². The zero-order valence-corrected chi connectivity index (χ0v) is 18.6. The summed E-state index contributed by atoms with van der Waals surface area (Å²) < 4.78 is 6.19. The second-order valence-corrected chi connectivity index (χ2v) is 7.88. The summed E-state index contributed by atoms with van der Waals surface area (Å²) in [7, 11) is 0. The summed E-state index contributed by atoms with van der Waals surface area (Å²) in [4.78, 5) is 11.9. The van der Waals surface area contributed by atoms with E-state index in [1.165, 1.54) is 0 Å². The predicted octanol–water partition coefficient (Wildman–Crippen LogP) is 6.23. The van der Waals surface area contributed by atoms with Gasteiger partial charge >= 0.3 is 0 Å². The maximum Gasteiger partial charge on any atom is 0.135 e. The molecule has 0 saturated carbocycles. The largest absolute Gasteiger partial charge is 0.387 e. The predicted molar refractivity (Wildman–Crippen MR) is 128 cm³/mol. The van der Waals surface area contributed by atoms with Crippen molar-refractivity contribution in [2.45, 2.75) is 45.0 Å². The first-order valence-corrected chi connectivity index (χ1v) is 11.0. The van der Waals surface area contributed by atoms with Gasteiger partial charge in [-0.1, -0.05) is 91.0 Å². The van der Waals surface area contributed by atoms with Gasteiger partial charge in [0.25, 0.3) is 0 Å². The van der Waals surface area contributed by atoms with Crippen molar-refractivity contribution in [2.24, 2.45) is 5.92 Å². The Hall–Kier alpha value is -3.19. The molecule has 4 atom stereocenters. The van der Waals surface area contributed by atoms with Gasteiger partial charge in [-0.15, -0.1) is 11.8 Å². The number of benzene rings is 3. The maximum absolute atomic E-state index is 11.9. The zero-order valence-electron chi connectivity index (χ0n) is 18.6. The van der Waals surface area contributed by atoms with Gasteiger partial charge < -0.3 is 9.84 Å². The average Bonchev–Trinajstić information content (AvgIpc) is 3.31. The highest BCUT2D eigenvalue weighted by atomic mass is 16.5. The van der Waals surface area contributed by atoms with Crippen molar-refractivity contribution in [3.05, 3.63) is 108 Å². The van der Waals surface area contributed by atoms with E-state index in [4.69, 9.17) is 4.74 Å². The number of aliphatic hydroxyl groups is 1. The Morgan fingerprint density at radius 1 is 0.938 bits per heavy atom. The van der Waals surface area contributed by atoms with Gasteiger partial charge in [0.1, 0.15) is 5.78 Å². The molecule has 164 valence electrons. The van der Waals surface area contributed by atoms with E-state index in [-0.39, 0.29) is 23.9 Å². The van der Waals surface area contributed by atoms with Crippen LogP contribution in [-0.2, 0) is 9.53 Å². The molecule has 3 aromatic rings. The van der Waals surface area contributed by atoms with Gasteiger partial charge in [-0.25, -0.2) is 0 Å². The number of carbonyl (C=O) groups excluding carboxylic acids is 1. The van der Waals surface area contributed by atoms with Crippen LogP contribution in [0, 0.1) is 17.8 Å². The fourth-order valence-electron chi connectivity index (χ4n) is 3.89. The number of ether oxygens (including phenoxy) is 1. The normalized spacial score (nSPS) is 20.3. The molecule has 0 bridgehead atoms. The first kappa shape index (κ1) is 23.5. The van der Waals surface area contributed by atoms with E-state index in [1.807, 2.05) is 78.9 Å². The number of hydrogen-bond donors (Lipinski definition) is 1. The van der Waals surface area contributed by atoms with Gasteiger partial charge in [-0.05, 0) is 37.0 Å². The summed E-state index contributed by atoms with van der Waals surface area (Å²) in [5.41, 5.74) is 3.17. The van der Waals surface area contributed by atoms with E-state index < -0.39 is 6.10 Å². The molecule has 1 aliphatic heterocycles. The summed E-state index contributed by atoms with van der Waals surface area (Å²) >= 11 is 0. The van der Waals surface area contributed by atoms with Crippen molar-refractivity contribution in [2.75, 3.05) is 0 Å². The van der Waals surface area contributed by atoms with Crippen LogP contribution >= 0.6 is 0 Å². The molecule has 0 aliphatic carbocycles. The minimum atomic E-state index is -0.446. The standard InChI is InChI=1S/C18H18O2.C11H12O/c1-13(19)16-12-17(14-8-4-2-5-9-14)20-18(16)15-10-6-3-7-11-15;1-2-3-9-11(12)10-7-5-4-6-8-10/h2-11,16-18H,12H2,1H3;4-8,11-12H,9H2,1H3/t16-,17+,18+;/m1./s1. The van der Waals surface area contributed by atoms with E-state index in [0.29, 0.717) is 6.42 Å². The number of Topliss-reactive ketones (excluding diaryl/α,β-unsaturated/α-hetero) is 1. The molecule has 1 N–H and O–H groups in total. The van der Waals surface area contributed by atoms with Gasteiger partial charge in [0.2, 0.25) is 0 Å². The van der Waals surface area contributed by atoms with Crippen molar-refractivity contribution in [1.29, 1.82) is 0 Å². The maximum atomic E-state index is 11.9. The number of ketones is 1. The number of aliphatic hydroxyl groups excluding tert-OH is 1. The van der Waals surface area contributed by atoms with Crippen molar-refractivity contribution < 1.29 is 14.6 Å². The van der Waals surface area contributed by atoms with Crippen molar-refractivity contribution >= 4 is 5.78 Å². The van der Waals surface area contributed by atoms with Crippen LogP contribution in [0.1, 0.15) is 61.7 Å². The number of rotatable bonds is 5. The van der Waals surface area contributed by atoms with Gasteiger partial charge in [-0.3, -0.25) is 4.79 Å². The van der Waals surface area contributed by atoms with E-state index in [2.05, 4.69) is 24.0 Å². The third-order valence-corrected chi connectivity index (χ3v) is 5.62. The van der Waals surface area contributed by atoms with Crippen LogP contribution in [0.5, 0.6) is 0 Å². The monoisotopic (exact) mass is 426 g/mol. The van der Waals surface area contributed by atoms with E-state index in [1.54, 1.807) is 13.8 Å². The molecule has 4 rings (SSSR count). The fourth-order valence-corrected chi connectivity index (χ4v) is 3.89. The van der Waals surface area contributed by atoms with Crippen LogP contribution in [0.15, 0.2) is 91.0 Å². The Kier molecular flexibility index (Phi) is 8.80. The molecule has 1 heterocycles. The highest BCUT2D eigenvalue weighted by Gasteiger charge is 2.39. The molecule has 0 amide bonds. The Balaban J connectivity index is 0.000000207. The summed E-state index contributed by atoms with van der Waals surface area (Å²) in [6.45, 7) is 3.44. The van der Waals surface area contributed by atoms with Crippen molar-refractivity contribution in [1.82, 2.24) is 0 Å². The van der Waals surface area contributed by atoms with Gasteiger partial charge in [0, 0.05) is 6.42 Å². The minimum absolute atomic E-state index is 0.00954. The first-order chi connectivity index (χ1) is 15.6. The van der Waals surface area contributed by atoms with E-state index >= 15 is 0 Å². The smallest absolute Gasteiger partial charge is 0.135 e. The molecule has 3 aromatic carbocycles. The van der Waals surface area contributed by atoms with Gasteiger partial charge in [-0.2, -0.15) is 0 Å². The summed E-state index contributed by atoms with van der Waals surface area (Å²) in [5, 5.41) is 9.55. The topological polar surface area (TPSA) is 46.5 Å². The molecular formula is C29H30O3. The van der Waals surface area contributed by atoms with Crippen molar-refractivity contribution in [3.8, 4) is 11.8 Å². The lowest BCUT2D eigenvalue weighted by atomic mass is 9.90. The molecule has 1 aliphatic rings. The highest BCUT2D eigenvalue weighted by molar-refractivity contribution is 5.79. The third kappa shape index (κ3) is 6.40. The molecule has 0 aromatic heterocycles. The second-order valence-electron chi connectivity index (χ2n) is 7.88. The van der Waals surface area contributed by atoms with E-state index in [0.717, 1.165) is 23.1 Å². The zero-order chi connectivity index (χ0) is 22.8. The fraction of sp³-hybridized carbons (Fsp3) is 0.276. The molecule has 1 unspecified atom stereocenters. The van der Waals surface area contributed by atoms with Crippen LogP contribution in [0.25, 0.3) is 0 Å². The molecule has 3 nitrogen and oxygen atoms in total. The SMILES string of the molecule is CC#CCC(O)c1ccccc1.CC(=O)[C@H]1C[C@@H](c2ccccc2)O[C@H]1c1ccccc1. The van der Waals surface area contributed by atoms with Crippen molar-refractivity contribution in [3.63, 3.8) is 0 Å². The summed E-state index contributed by atoms with van der Waals surface area (Å²) in [6, 6.07) is 29.8. The molecule has 32 heavy (non-hydrogen) atoms. The van der Waals surface area contributed by atoms with Crippen LogP contribution in [-0.4, -0.2) is 10.9 Å². The highest BCUT2D eigenvalue weighted by Crippen LogP contribution is 2.45. The molecular weight excluding hydrogens is 396 g/mol. The number of carbonyl (C=O) groups is 1. The minimum Gasteiger partial charge on any atom is -0.387 e. The molecule has 0 radical (unpaired) electrons. The summed E-state index contributed by atoms with van der Waals surface area (Å²) in [6.07, 6.45) is 0.715. The Morgan fingerprint density at radius 3 is 2.00 bits per heavy atom. The second kappa shape index (κ2) is 12.0. The molecule has 3 heteroatoms.